The molecule has 2 aliphatic carbocycles. The summed E-state index contributed by atoms with van der Waals surface area (Å²) in [5.41, 5.74) is 12.3. The molecule has 0 aliphatic heterocycles. The van der Waals surface area contributed by atoms with Gasteiger partial charge in [0.1, 0.15) is 0 Å². The third kappa shape index (κ3) is 4.10. The second kappa shape index (κ2) is 10.2. The number of hydrogen-bond acceptors (Lipinski definition) is 3. The Kier molecular flexibility index (Phi) is 5.94. The highest BCUT2D eigenvalue weighted by Crippen LogP contribution is 2.52. The summed E-state index contributed by atoms with van der Waals surface area (Å²) in [6.45, 7) is 4.79. The van der Waals surface area contributed by atoms with Gasteiger partial charge < -0.3 is 4.57 Å². The minimum absolute atomic E-state index is 0.0379. The monoisotopic (exact) mass is 592 g/mol. The summed E-state index contributed by atoms with van der Waals surface area (Å²) in [7, 11) is 0. The number of fused-ring (bicyclic) bond motifs is 5. The first-order chi connectivity index (χ1) is 22.6. The molecule has 0 radical (unpaired) electrons. The second-order valence-electron chi connectivity index (χ2n) is 12.8. The summed E-state index contributed by atoms with van der Waals surface area (Å²) in [6.07, 6.45) is 6.94. The average Bonchev–Trinajstić information content (AvgIpc) is 3.56. The number of aromatic nitrogens is 4. The molecule has 4 heteroatoms. The van der Waals surface area contributed by atoms with Gasteiger partial charge in [0.05, 0.1) is 11.0 Å². The van der Waals surface area contributed by atoms with E-state index in [1.807, 2.05) is 60.7 Å². The molecule has 0 bridgehead atoms. The van der Waals surface area contributed by atoms with Crippen LogP contribution in [0.3, 0.4) is 0 Å². The lowest BCUT2D eigenvalue weighted by Crippen LogP contribution is -2.17. The number of para-hydroxylation sites is 1. The molecule has 0 atom stereocenters. The Balaban J connectivity index is 1.20. The molecule has 7 aromatic rings. The molecule has 0 saturated carbocycles. The van der Waals surface area contributed by atoms with E-state index in [4.69, 9.17) is 15.0 Å². The largest absolute Gasteiger partial charge is 0.309 e. The van der Waals surface area contributed by atoms with E-state index in [1.165, 1.54) is 38.5 Å². The first kappa shape index (κ1) is 26.8. The predicted octanol–water partition coefficient (Wildman–Crippen LogP) is 10.4. The van der Waals surface area contributed by atoms with Gasteiger partial charge in [-0.05, 0) is 72.0 Å². The quantitative estimate of drug-likeness (QED) is 0.204. The summed E-state index contributed by atoms with van der Waals surface area (Å²) >= 11 is 0. The van der Waals surface area contributed by atoms with Crippen LogP contribution in [0.4, 0.5) is 0 Å². The van der Waals surface area contributed by atoms with Crippen molar-refractivity contribution in [3.8, 4) is 39.9 Å². The fourth-order valence-corrected chi connectivity index (χ4v) is 7.46. The Labute approximate surface area is 268 Å². The summed E-state index contributed by atoms with van der Waals surface area (Å²) < 4.78 is 2.41. The van der Waals surface area contributed by atoms with Crippen LogP contribution in [-0.2, 0) is 5.41 Å². The van der Waals surface area contributed by atoms with Crippen molar-refractivity contribution in [2.24, 2.45) is 0 Å². The highest BCUT2D eigenvalue weighted by molar-refractivity contribution is 6.11. The molecule has 4 nitrogen and oxygen atoms in total. The van der Waals surface area contributed by atoms with Gasteiger partial charge in [-0.2, -0.15) is 0 Å². The number of hydrogen-bond donors (Lipinski definition) is 0. The fraction of sp³-hybridized carbons (Fsp3) is 0.119. The van der Waals surface area contributed by atoms with E-state index in [0.29, 0.717) is 17.5 Å². The van der Waals surface area contributed by atoms with Crippen LogP contribution in [0.15, 0.2) is 139 Å². The highest BCUT2D eigenvalue weighted by Gasteiger charge is 2.38. The van der Waals surface area contributed by atoms with Crippen LogP contribution in [0.25, 0.3) is 67.2 Å². The normalized spacial score (nSPS) is 15.0. The standard InChI is InChI=1S/C42H32N4/c1-42(2)35-19-11-9-17-31(35)33-26-38-34(25-36(33)42)32-18-10-12-20-37(32)46(38)30-23-21-29(22-24-30)41-44-39(27-13-5-3-6-14-27)43-40(45-41)28-15-7-4-8-16-28/h3-10,12-18,20-26H,11,19H2,1-2H3. The van der Waals surface area contributed by atoms with E-state index >= 15 is 0 Å². The summed E-state index contributed by atoms with van der Waals surface area (Å²) in [6, 6.07) is 42.6. The predicted molar refractivity (Wildman–Crippen MR) is 189 cm³/mol. The van der Waals surface area contributed by atoms with Crippen LogP contribution in [0.2, 0.25) is 0 Å². The van der Waals surface area contributed by atoms with Gasteiger partial charge in [0.2, 0.25) is 0 Å². The zero-order chi connectivity index (χ0) is 30.8. The van der Waals surface area contributed by atoms with Gasteiger partial charge in [-0.1, -0.05) is 110 Å². The molecule has 5 aromatic carbocycles. The van der Waals surface area contributed by atoms with Gasteiger partial charge in [0, 0.05) is 38.6 Å². The molecule has 0 spiro atoms. The molecular formula is C42H32N4. The van der Waals surface area contributed by atoms with Crippen LogP contribution < -0.4 is 0 Å². The van der Waals surface area contributed by atoms with Crippen LogP contribution in [0, 0.1) is 0 Å². The van der Waals surface area contributed by atoms with E-state index in [-0.39, 0.29) is 5.41 Å². The zero-order valence-electron chi connectivity index (χ0n) is 25.9. The maximum absolute atomic E-state index is 4.94. The minimum atomic E-state index is 0.0379. The Bertz CT molecular complexity index is 2300. The molecule has 220 valence electrons. The van der Waals surface area contributed by atoms with Gasteiger partial charge >= 0.3 is 0 Å². The fourth-order valence-electron chi connectivity index (χ4n) is 7.46. The van der Waals surface area contributed by atoms with Crippen molar-refractivity contribution in [3.05, 3.63) is 150 Å². The van der Waals surface area contributed by atoms with Gasteiger partial charge in [-0.15, -0.1) is 0 Å². The molecule has 2 aromatic heterocycles. The molecule has 0 amide bonds. The summed E-state index contributed by atoms with van der Waals surface area (Å²) in [4.78, 5) is 14.7. The van der Waals surface area contributed by atoms with E-state index in [0.717, 1.165) is 35.2 Å². The third-order valence-electron chi connectivity index (χ3n) is 9.78. The van der Waals surface area contributed by atoms with Crippen LogP contribution in [0.5, 0.6) is 0 Å². The summed E-state index contributed by atoms with van der Waals surface area (Å²) in [5, 5.41) is 2.57. The lowest BCUT2D eigenvalue weighted by atomic mass is 9.78. The average molecular weight is 593 g/mol. The van der Waals surface area contributed by atoms with Crippen molar-refractivity contribution >= 4 is 27.4 Å². The van der Waals surface area contributed by atoms with E-state index in [2.05, 4.69) is 91.2 Å². The molecule has 0 N–H and O–H groups in total. The first-order valence-corrected chi connectivity index (χ1v) is 16.0. The maximum atomic E-state index is 4.94. The van der Waals surface area contributed by atoms with Crippen molar-refractivity contribution in [3.63, 3.8) is 0 Å². The third-order valence-corrected chi connectivity index (χ3v) is 9.78. The van der Waals surface area contributed by atoms with Crippen LogP contribution in [-0.4, -0.2) is 19.5 Å². The number of rotatable bonds is 4. The van der Waals surface area contributed by atoms with Crippen molar-refractivity contribution in [2.45, 2.75) is 32.1 Å². The Hall–Kier alpha value is -5.61. The number of nitrogens with zero attached hydrogens (tertiary/aromatic N) is 4. The molecule has 0 unspecified atom stereocenters. The van der Waals surface area contributed by atoms with E-state index in [1.54, 1.807) is 5.57 Å². The number of benzene rings is 5. The van der Waals surface area contributed by atoms with Crippen LogP contribution in [0.1, 0.15) is 37.8 Å². The van der Waals surface area contributed by atoms with E-state index in [9.17, 15) is 0 Å². The van der Waals surface area contributed by atoms with Crippen LogP contribution >= 0.6 is 0 Å². The van der Waals surface area contributed by atoms with Crippen molar-refractivity contribution < 1.29 is 0 Å². The number of allylic oxidation sites excluding steroid dienone is 4. The van der Waals surface area contributed by atoms with Gasteiger partial charge in [-0.3, -0.25) is 0 Å². The molecular weight excluding hydrogens is 560 g/mol. The zero-order valence-corrected chi connectivity index (χ0v) is 25.9. The molecule has 46 heavy (non-hydrogen) atoms. The smallest absolute Gasteiger partial charge is 0.164 e. The van der Waals surface area contributed by atoms with Gasteiger partial charge in [-0.25, -0.2) is 15.0 Å². The van der Waals surface area contributed by atoms with Crippen molar-refractivity contribution in [1.82, 2.24) is 19.5 Å². The topological polar surface area (TPSA) is 43.6 Å². The molecule has 2 aliphatic rings. The van der Waals surface area contributed by atoms with Gasteiger partial charge in [0.25, 0.3) is 0 Å². The van der Waals surface area contributed by atoms with Crippen molar-refractivity contribution in [2.75, 3.05) is 0 Å². The second-order valence-corrected chi connectivity index (χ2v) is 12.8. The lowest BCUT2D eigenvalue weighted by molar-refractivity contribution is 0.608. The molecule has 0 saturated heterocycles. The minimum Gasteiger partial charge on any atom is -0.309 e. The lowest BCUT2D eigenvalue weighted by Gasteiger charge is -2.25. The Morgan fingerprint density at radius 1 is 0.587 bits per heavy atom. The molecule has 2 heterocycles. The first-order valence-electron chi connectivity index (χ1n) is 16.0. The SMILES string of the molecule is CC1(C)C2=C(C=CCC2)c2cc3c(cc21)c1ccccc1n3-c1ccc(-c2nc(-c3ccccc3)nc(-c3ccccc3)n2)cc1. The summed E-state index contributed by atoms with van der Waals surface area (Å²) in [5.74, 6) is 1.99. The van der Waals surface area contributed by atoms with E-state index < -0.39 is 0 Å². The Morgan fingerprint density at radius 2 is 1.17 bits per heavy atom. The molecule has 9 rings (SSSR count). The Morgan fingerprint density at radius 3 is 1.83 bits per heavy atom. The maximum Gasteiger partial charge on any atom is 0.164 e. The highest BCUT2D eigenvalue weighted by atomic mass is 15.0. The van der Waals surface area contributed by atoms with Crippen molar-refractivity contribution in [1.29, 1.82) is 0 Å². The van der Waals surface area contributed by atoms with Gasteiger partial charge in [0.15, 0.2) is 17.5 Å². The molecule has 0 fully saturated rings.